The number of benzene rings is 3. The first kappa shape index (κ1) is 16.0. The van der Waals surface area contributed by atoms with Crippen LogP contribution in [-0.4, -0.2) is 9.97 Å². The molecule has 0 saturated carbocycles. The molecule has 4 rings (SSSR count). The number of anilines is 1. The van der Waals surface area contributed by atoms with Crippen molar-refractivity contribution in [2.75, 3.05) is 5.73 Å². The maximum absolute atomic E-state index is 6.07. The van der Waals surface area contributed by atoms with Crippen LogP contribution in [0.15, 0.2) is 91.0 Å². The number of nitrogen functional groups attached to an aromatic ring is 1. The van der Waals surface area contributed by atoms with Crippen molar-refractivity contribution in [3.63, 3.8) is 0 Å². The highest BCUT2D eigenvalue weighted by Crippen LogP contribution is 2.32. The Morgan fingerprint density at radius 2 is 1.00 bits per heavy atom. The predicted octanol–water partition coefficient (Wildman–Crippen LogP) is 4.98. The van der Waals surface area contributed by atoms with Crippen LogP contribution in [0.5, 0.6) is 0 Å². The van der Waals surface area contributed by atoms with Crippen molar-refractivity contribution in [2.24, 2.45) is 0 Å². The van der Waals surface area contributed by atoms with E-state index in [0.717, 1.165) is 34.5 Å². The molecule has 0 bridgehead atoms. The molecular formula is C23H19N3. The minimum Gasteiger partial charge on any atom is -0.368 e. The summed E-state index contributed by atoms with van der Waals surface area (Å²) in [6, 6.07) is 30.7. The molecule has 26 heavy (non-hydrogen) atoms. The predicted molar refractivity (Wildman–Crippen MR) is 107 cm³/mol. The molecule has 126 valence electrons. The van der Waals surface area contributed by atoms with Gasteiger partial charge in [-0.05, 0) is 5.56 Å². The van der Waals surface area contributed by atoms with Gasteiger partial charge in [0, 0.05) is 23.1 Å². The van der Waals surface area contributed by atoms with E-state index in [1.807, 2.05) is 42.5 Å². The van der Waals surface area contributed by atoms with Gasteiger partial charge in [-0.25, -0.2) is 9.97 Å². The van der Waals surface area contributed by atoms with Gasteiger partial charge in [-0.1, -0.05) is 91.0 Å². The molecule has 3 nitrogen and oxygen atoms in total. The van der Waals surface area contributed by atoms with Crippen molar-refractivity contribution in [2.45, 2.75) is 6.42 Å². The number of nitrogens with zero attached hydrogens (tertiary/aromatic N) is 2. The molecule has 2 N–H and O–H groups in total. The normalized spacial score (nSPS) is 10.6. The summed E-state index contributed by atoms with van der Waals surface area (Å²) < 4.78 is 0. The topological polar surface area (TPSA) is 51.8 Å². The van der Waals surface area contributed by atoms with E-state index in [2.05, 4.69) is 58.5 Å². The molecule has 0 atom stereocenters. The maximum Gasteiger partial charge on any atom is 0.221 e. The Labute approximate surface area is 153 Å². The van der Waals surface area contributed by atoms with Crippen LogP contribution in [0.4, 0.5) is 5.95 Å². The van der Waals surface area contributed by atoms with Crippen LogP contribution in [0.1, 0.15) is 11.1 Å². The van der Waals surface area contributed by atoms with Gasteiger partial charge in [-0.3, -0.25) is 0 Å². The molecule has 0 amide bonds. The van der Waals surface area contributed by atoms with Gasteiger partial charge in [0.2, 0.25) is 5.95 Å². The lowest BCUT2D eigenvalue weighted by Gasteiger charge is -2.15. The lowest BCUT2D eigenvalue weighted by atomic mass is 9.95. The highest BCUT2D eigenvalue weighted by Gasteiger charge is 2.17. The van der Waals surface area contributed by atoms with E-state index in [0.29, 0.717) is 5.95 Å². The standard InChI is InChI=1S/C23H19N3/c24-23-25-21(18-12-6-2-7-13-18)20(16-17-10-4-1-5-11-17)22(26-23)19-14-8-3-9-15-19/h1-15H,16H2,(H2,24,25,26). The molecule has 3 aromatic carbocycles. The SMILES string of the molecule is Nc1nc(-c2ccccc2)c(Cc2ccccc2)c(-c2ccccc2)n1. The van der Waals surface area contributed by atoms with Crippen molar-refractivity contribution < 1.29 is 0 Å². The molecular weight excluding hydrogens is 318 g/mol. The number of nitrogens with two attached hydrogens (primary N) is 1. The minimum absolute atomic E-state index is 0.291. The van der Waals surface area contributed by atoms with E-state index in [1.165, 1.54) is 5.56 Å². The molecule has 1 aromatic heterocycles. The lowest BCUT2D eigenvalue weighted by Crippen LogP contribution is -2.05. The largest absolute Gasteiger partial charge is 0.368 e. The molecule has 3 heteroatoms. The van der Waals surface area contributed by atoms with Gasteiger partial charge in [-0.2, -0.15) is 0 Å². The van der Waals surface area contributed by atoms with E-state index in [-0.39, 0.29) is 0 Å². The Balaban J connectivity index is 1.95. The fraction of sp³-hybridized carbons (Fsp3) is 0.0435. The number of hydrogen-bond donors (Lipinski definition) is 1. The molecule has 4 aromatic rings. The summed E-state index contributed by atoms with van der Waals surface area (Å²) in [5, 5.41) is 0. The second kappa shape index (κ2) is 7.19. The quantitative estimate of drug-likeness (QED) is 0.571. The zero-order valence-electron chi connectivity index (χ0n) is 14.3. The molecule has 0 unspecified atom stereocenters. The van der Waals surface area contributed by atoms with E-state index in [9.17, 15) is 0 Å². The zero-order chi connectivity index (χ0) is 17.8. The van der Waals surface area contributed by atoms with Gasteiger partial charge < -0.3 is 5.73 Å². The Hall–Kier alpha value is -3.46. The first-order valence-corrected chi connectivity index (χ1v) is 8.62. The molecule has 0 fully saturated rings. The van der Waals surface area contributed by atoms with E-state index in [1.54, 1.807) is 0 Å². The molecule has 0 aliphatic carbocycles. The van der Waals surface area contributed by atoms with E-state index >= 15 is 0 Å². The van der Waals surface area contributed by atoms with Crippen LogP contribution in [-0.2, 0) is 6.42 Å². The maximum atomic E-state index is 6.07. The molecule has 0 saturated heterocycles. The third-order valence-corrected chi connectivity index (χ3v) is 4.34. The molecule has 0 radical (unpaired) electrons. The van der Waals surface area contributed by atoms with Gasteiger partial charge in [0.05, 0.1) is 11.4 Å². The Bertz CT molecular complexity index is 937. The first-order chi connectivity index (χ1) is 12.8. The van der Waals surface area contributed by atoms with E-state index in [4.69, 9.17) is 5.73 Å². The van der Waals surface area contributed by atoms with E-state index < -0.39 is 0 Å². The van der Waals surface area contributed by atoms with Crippen LogP contribution >= 0.6 is 0 Å². The summed E-state index contributed by atoms with van der Waals surface area (Å²) in [4.78, 5) is 9.18. The number of rotatable bonds is 4. The third kappa shape index (κ3) is 3.33. The van der Waals surface area contributed by atoms with Crippen molar-refractivity contribution in [1.82, 2.24) is 9.97 Å². The molecule has 0 aliphatic rings. The minimum atomic E-state index is 0.291. The van der Waals surface area contributed by atoms with Crippen molar-refractivity contribution in [3.05, 3.63) is 102 Å². The van der Waals surface area contributed by atoms with Crippen LogP contribution in [0, 0.1) is 0 Å². The highest BCUT2D eigenvalue weighted by molar-refractivity contribution is 5.75. The first-order valence-electron chi connectivity index (χ1n) is 8.62. The number of hydrogen-bond acceptors (Lipinski definition) is 3. The monoisotopic (exact) mass is 337 g/mol. The van der Waals surface area contributed by atoms with Gasteiger partial charge in [0.15, 0.2) is 0 Å². The van der Waals surface area contributed by atoms with Crippen molar-refractivity contribution >= 4 is 5.95 Å². The summed E-state index contributed by atoms with van der Waals surface area (Å²) in [6.07, 6.45) is 0.746. The second-order valence-electron chi connectivity index (χ2n) is 6.15. The van der Waals surface area contributed by atoms with Crippen LogP contribution < -0.4 is 5.73 Å². The summed E-state index contributed by atoms with van der Waals surface area (Å²) >= 11 is 0. The Morgan fingerprint density at radius 1 is 0.577 bits per heavy atom. The number of aromatic nitrogens is 2. The zero-order valence-corrected chi connectivity index (χ0v) is 14.3. The van der Waals surface area contributed by atoms with Gasteiger partial charge >= 0.3 is 0 Å². The van der Waals surface area contributed by atoms with Gasteiger partial charge in [0.25, 0.3) is 0 Å². The summed E-state index contributed by atoms with van der Waals surface area (Å²) in [7, 11) is 0. The Morgan fingerprint density at radius 3 is 1.46 bits per heavy atom. The molecule has 1 heterocycles. The second-order valence-corrected chi connectivity index (χ2v) is 6.15. The summed E-state index contributed by atoms with van der Waals surface area (Å²) in [5.74, 6) is 0.291. The molecule has 0 spiro atoms. The average Bonchev–Trinajstić information content (AvgIpc) is 2.71. The van der Waals surface area contributed by atoms with Gasteiger partial charge in [0.1, 0.15) is 0 Å². The average molecular weight is 337 g/mol. The Kier molecular flexibility index (Phi) is 4.44. The summed E-state index contributed by atoms with van der Waals surface area (Å²) in [6.45, 7) is 0. The highest BCUT2D eigenvalue weighted by atomic mass is 15.0. The van der Waals surface area contributed by atoms with Crippen molar-refractivity contribution in [3.8, 4) is 22.5 Å². The fourth-order valence-electron chi connectivity index (χ4n) is 3.14. The van der Waals surface area contributed by atoms with Gasteiger partial charge in [-0.15, -0.1) is 0 Å². The summed E-state index contributed by atoms with van der Waals surface area (Å²) in [5.41, 5.74) is 12.2. The fourth-order valence-corrected chi connectivity index (χ4v) is 3.14. The van der Waals surface area contributed by atoms with Crippen molar-refractivity contribution in [1.29, 1.82) is 0 Å². The molecule has 0 aliphatic heterocycles. The van der Waals surface area contributed by atoms with Crippen LogP contribution in [0.3, 0.4) is 0 Å². The third-order valence-electron chi connectivity index (χ3n) is 4.34. The van der Waals surface area contributed by atoms with Crippen LogP contribution in [0.25, 0.3) is 22.5 Å². The lowest BCUT2D eigenvalue weighted by molar-refractivity contribution is 1.09. The smallest absolute Gasteiger partial charge is 0.221 e. The van der Waals surface area contributed by atoms with Crippen LogP contribution in [0.2, 0.25) is 0 Å².